The third-order valence-corrected chi connectivity index (χ3v) is 2.56. The monoisotopic (exact) mass is 269 g/mol. The highest BCUT2D eigenvalue weighted by Gasteiger charge is 2.06. The Balaban J connectivity index is 2.64. The first kappa shape index (κ1) is 15.3. The standard InChI is InChI=1S/C15H15N3O2/c1-2-18(11-9-16)15(19)8-5-13-3-6-14(7-4-13)20-12-10-17/h3-8H,2,11-12H2,1H3. The third-order valence-electron chi connectivity index (χ3n) is 2.56. The Morgan fingerprint density at radius 2 is 2.00 bits per heavy atom. The number of carbonyl (C=O) groups excluding carboxylic acids is 1. The van der Waals surface area contributed by atoms with E-state index in [1.807, 2.05) is 19.1 Å². The summed E-state index contributed by atoms with van der Waals surface area (Å²) in [6.07, 6.45) is 3.11. The van der Waals surface area contributed by atoms with Crippen LogP contribution in [0.2, 0.25) is 0 Å². The molecule has 0 heterocycles. The van der Waals surface area contributed by atoms with Gasteiger partial charge in [-0.05, 0) is 30.7 Å². The molecule has 0 unspecified atom stereocenters. The highest BCUT2D eigenvalue weighted by molar-refractivity contribution is 5.91. The maximum Gasteiger partial charge on any atom is 0.247 e. The molecular formula is C15H15N3O2. The van der Waals surface area contributed by atoms with E-state index < -0.39 is 0 Å². The average molecular weight is 269 g/mol. The molecule has 0 atom stereocenters. The highest BCUT2D eigenvalue weighted by Crippen LogP contribution is 2.13. The van der Waals surface area contributed by atoms with E-state index in [2.05, 4.69) is 0 Å². The molecule has 1 amide bonds. The lowest BCUT2D eigenvalue weighted by Gasteiger charge is -2.14. The third kappa shape index (κ3) is 4.83. The van der Waals surface area contributed by atoms with Crippen molar-refractivity contribution in [2.75, 3.05) is 19.7 Å². The van der Waals surface area contributed by atoms with Crippen LogP contribution >= 0.6 is 0 Å². The molecule has 1 aromatic rings. The predicted octanol–water partition coefficient (Wildman–Crippen LogP) is 1.97. The topological polar surface area (TPSA) is 77.1 Å². The number of hydrogen-bond acceptors (Lipinski definition) is 4. The second-order valence-corrected chi connectivity index (χ2v) is 3.86. The molecule has 0 radical (unpaired) electrons. The normalized spacial score (nSPS) is 9.75. The Kier molecular flexibility index (Phi) is 6.36. The maximum absolute atomic E-state index is 11.8. The van der Waals surface area contributed by atoms with E-state index in [1.165, 1.54) is 11.0 Å². The van der Waals surface area contributed by atoms with Gasteiger partial charge in [0.1, 0.15) is 18.4 Å². The lowest BCUT2D eigenvalue weighted by atomic mass is 10.2. The fourth-order valence-electron chi connectivity index (χ4n) is 1.49. The van der Waals surface area contributed by atoms with E-state index in [-0.39, 0.29) is 19.1 Å². The summed E-state index contributed by atoms with van der Waals surface area (Å²) in [4.78, 5) is 13.2. The van der Waals surface area contributed by atoms with E-state index in [4.69, 9.17) is 15.3 Å². The molecule has 0 aromatic heterocycles. The Bertz CT molecular complexity index is 550. The van der Waals surface area contributed by atoms with Gasteiger partial charge in [-0.1, -0.05) is 12.1 Å². The first-order valence-electron chi connectivity index (χ1n) is 6.15. The van der Waals surface area contributed by atoms with E-state index in [9.17, 15) is 4.79 Å². The zero-order chi connectivity index (χ0) is 14.8. The molecule has 1 rings (SSSR count). The van der Waals surface area contributed by atoms with Crippen molar-refractivity contribution in [3.8, 4) is 17.9 Å². The van der Waals surface area contributed by atoms with Gasteiger partial charge in [0.05, 0.1) is 6.07 Å². The Hall–Kier alpha value is -2.79. The van der Waals surface area contributed by atoms with E-state index in [1.54, 1.807) is 30.3 Å². The second-order valence-electron chi connectivity index (χ2n) is 3.86. The predicted molar refractivity (Wildman–Crippen MR) is 74.5 cm³/mol. The zero-order valence-electron chi connectivity index (χ0n) is 11.2. The van der Waals surface area contributed by atoms with Crippen LogP contribution in [0.1, 0.15) is 12.5 Å². The molecule has 20 heavy (non-hydrogen) atoms. The lowest BCUT2D eigenvalue weighted by Crippen LogP contribution is -2.29. The second kappa shape index (κ2) is 8.34. The van der Waals surface area contributed by atoms with Crippen LogP contribution in [-0.2, 0) is 4.79 Å². The van der Waals surface area contributed by atoms with Gasteiger partial charge in [-0.15, -0.1) is 0 Å². The highest BCUT2D eigenvalue weighted by atomic mass is 16.5. The van der Waals surface area contributed by atoms with Crippen molar-refractivity contribution in [3.05, 3.63) is 35.9 Å². The van der Waals surface area contributed by atoms with E-state index in [0.717, 1.165) is 5.56 Å². The van der Waals surface area contributed by atoms with E-state index >= 15 is 0 Å². The van der Waals surface area contributed by atoms with Gasteiger partial charge < -0.3 is 9.64 Å². The summed E-state index contributed by atoms with van der Waals surface area (Å²) in [5.74, 6) is 0.411. The molecule has 0 aliphatic heterocycles. The van der Waals surface area contributed by atoms with Crippen LogP contribution in [0, 0.1) is 22.7 Å². The molecule has 0 spiro atoms. The van der Waals surface area contributed by atoms with E-state index in [0.29, 0.717) is 12.3 Å². The summed E-state index contributed by atoms with van der Waals surface area (Å²) in [7, 11) is 0. The molecule has 0 N–H and O–H groups in total. The molecule has 102 valence electrons. The number of rotatable bonds is 6. The summed E-state index contributed by atoms with van der Waals surface area (Å²) in [5, 5.41) is 17.0. The minimum Gasteiger partial charge on any atom is -0.479 e. The van der Waals surface area contributed by atoms with Crippen molar-refractivity contribution in [1.29, 1.82) is 10.5 Å². The molecule has 5 nitrogen and oxygen atoms in total. The van der Waals surface area contributed by atoms with Gasteiger partial charge in [0.15, 0.2) is 6.61 Å². The first-order valence-corrected chi connectivity index (χ1v) is 6.15. The van der Waals surface area contributed by atoms with Crippen LogP contribution in [0.15, 0.2) is 30.3 Å². The largest absolute Gasteiger partial charge is 0.479 e. The van der Waals surface area contributed by atoms with Crippen LogP contribution in [0.4, 0.5) is 0 Å². The molecule has 0 saturated carbocycles. The Morgan fingerprint density at radius 3 is 2.55 bits per heavy atom. The van der Waals surface area contributed by atoms with Crippen LogP contribution in [-0.4, -0.2) is 30.5 Å². The summed E-state index contributed by atoms with van der Waals surface area (Å²) in [6, 6.07) is 10.9. The first-order chi connectivity index (χ1) is 9.71. The van der Waals surface area contributed by atoms with Crippen molar-refractivity contribution in [1.82, 2.24) is 4.90 Å². The average Bonchev–Trinajstić information content (AvgIpc) is 2.49. The van der Waals surface area contributed by atoms with Gasteiger partial charge in [0, 0.05) is 12.6 Å². The van der Waals surface area contributed by atoms with Gasteiger partial charge >= 0.3 is 0 Å². The Labute approximate surface area is 118 Å². The number of likely N-dealkylation sites (N-methyl/N-ethyl adjacent to an activating group) is 1. The van der Waals surface area contributed by atoms with Gasteiger partial charge in [-0.2, -0.15) is 10.5 Å². The molecule has 0 bridgehead atoms. The molecule has 0 saturated heterocycles. The Morgan fingerprint density at radius 1 is 1.30 bits per heavy atom. The molecule has 5 heteroatoms. The lowest BCUT2D eigenvalue weighted by molar-refractivity contribution is -0.125. The van der Waals surface area contributed by atoms with Gasteiger partial charge in [-0.25, -0.2) is 0 Å². The van der Waals surface area contributed by atoms with Crippen LogP contribution in [0.5, 0.6) is 5.75 Å². The number of benzene rings is 1. The van der Waals surface area contributed by atoms with Gasteiger partial charge in [-0.3, -0.25) is 4.79 Å². The van der Waals surface area contributed by atoms with Crippen LogP contribution in [0.25, 0.3) is 6.08 Å². The summed E-state index contributed by atoms with van der Waals surface area (Å²) in [5.41, 5.74) is 0.843. The minimum atomic E-state index is -0.196. The summed E-state index contributed by atoms with van der Waals surface area (Å²) >= 11 is 0. The quantitative estimate of drug-likeness (QED) is 0.584. The van der Waals surface area contributed by atoms with Crippen molar-refractivity contribution >= 4 is 12.0 Å². The SMILES string of the molecule is CCN(CC#N)C(=O)C=Cc1ccc(OCC#N)cc1. The number of ether oxygens (including phenoxy) is 1. The zero-order valence-corrected chi connectivity index (χ0v) is 11.2. The molecule has 0 aliphatic carbocycles. The van der Waals surface area contributed by atoms with Crippen molar-refractivity contribution < 1.29 is 9.53 Å². The van der Waals surface area contributed by atoms with Crippen molar-refractivity contribution in [3.63, 3.8) is 0 Å². The number of hydrogen-bond donors (Lipinski definition) is 0. The fourth-order valence-corrected chi connectivity index (χ4v) is 1.49. The minimum absolute atomic E-state index is 0.00723. The van der Waals surface area contributed by atoms with Crippen LogP contribution in [0.3, 0.4) is 0 Å². The van der Waals surface area contributed by atoms with Gasteiger partial charge in [0.2, 0.25) is 5.91 Å². The summed E-state index contributed by atoms with van der Waals surface area (Å²) < 4.78 is 5.13. The van der Waals surface area contributed by atoms with Gasteiger partial charge in [0.25, 0.3) is 0 Å². The van der Waals surface area contributed by atoms with Crippen LogP contribution < -0.4 is 4.74 Å². The maximum atomic E-state index is 11.8. The fraction of sp³-hybridized carbons (Fsp3) is 0.267. The van der Waals surface area contributed by atoms with Crippen molar-refractivity contribution in [2.24, 2.45) is 0 Å². The number of carbonyl (C=O) groups is 1. The van der Waals surface area contributed by atoms with Crippen molar-refractivity contribution in [2.45, 2.75) is 6.92 Å². The molecule has 1 aromatic carbocycles. The number of amides is 1. The molecule has 0 fully saturated rings. The smallest absolute Gasteiger partial charge is 0.247 e. The number of nitrogens with zero attached hydrogens (tertiary/aromatic N) is 3. The number of nitriles is 2. The molecular weight excluding hydrogens is 254 g/mol. The molecule has 0 aliphatic rings. The summed E-state index contributed by atoms with van der Waals surface area (Å²) in [6.45, 7) is 2.41.